The first-order chi connectivity index (χ1) is 7.68. The Morgan fingerprint density at radius 1 is 1.19 bits per heavy atom. The van der Waals surface area contributed by atoms with Crippen LogP contribution in [0.25, 0.3) is 0 Å². The number of halogens is 2. The van der Waals surface area contributed by atoms with Gasteiger partial charge in [-0.05, 0) is 12.1 Å². The molecule has 0 spiro atoms. The largest absolute Gasteiger partial charge is 0.343 e. The van der Waals surface area contributed by atoms with Crippen LogP contribution < -0.4 is 0 Å². The van der Waals surface area contributed by atoms with Gasteiger partial charge in [-0.1, -0.05) is 19.4 Å². The Labute approximate surface area is 93.2 Å². The summed E-state index contributed by atoms with van der Waals surface area (Å²) in [6.07, 6.45) is 1.48. The second-order valence-corrected chi connectivity index (χ2v) is 3.83. The summed E-state index contributed by atoms with van der Waals surface area (Å²) in [5.41, 5.74) is 0.547. The van der Waals surface area contributed by atoms with E-state index >= 15 is 0 Å². The van der Waals surface area contributed by atoms with E-state index in [1.54, 1.807) is 0 Å². The van der Waals surface area contributed by atoms with Crippen LogP contribution in [0.15, 0.2) is 18.2 Å². The third-order valence-electron chi connectivity index (χ3n) is 2.69. The van der Waals surface area contributed by atoms with Gasteiger partial charge in [0.2, 0.25) is 0 Å². The number of hydrogen-bond acceptors (Lipinski definition) is 2. The lowest BCUT2D eigenvalue weighted by Gasteiger charge is -2.27. The lowest BCUT2D eigenvalue weighted by molar-refractivity contribution is -0.171. The fraction of sp³-hybridized carbons (Fsp3) is 0.500. The first-order valence-corrected chi connectivity index (χ1v) is 5.41. The maximum Gasteiger partial charge on any atom is 0.195 e. The molecule has 0 bridgehead atoms. The molecule has 1 aromatic rings. The zero-order valence-corrected chi connectivity index (χ0v) is 9.13. The van der Waals surface area contributed by atoms with Crippen LogP contribution in [0, 0.1) is 11.6 Å². The van der Waals surface area contributed by atoms with Gasteiger partial charge in [-0.25, -0.2) is 8.78 Å². The Bertz CT molecular complexity index is 373. The second kappa shape index (κ2) is 4.47. The van der Waals surface area contributed by atoms with Gasteiger partial charge in [-0.3, -0.25) is 0 Å². The van der Waals surface area contributed by atoms with Gasteiger partial charge in [0, 0.05) is 12.0 Å². The van der Waals surface area contributed by atoms with Crippen LogP contribution in [-0.2, 0) is 15.3 Å². The highest BCUT2D eigenvalue weighted by Gasteiger charge is 2.38. The molecule has 1 aliphatic heterocycles. The van der Waals surface area contributed by atoms with E-state index in [4.69, 9.17) is 9.47 Å². The van der Waals surface area contributed by atoms with Crippen LogP contribution in [0.2, 0.25) is 0 Å². The summed E-state index contributed by atoms with van der Waals surface area (Å²) in [6, 6.07) is 3.77. The molecule has 0 aliphatic carbocycles. The molecule has 0 saturated carbocycles. The Hall–Kier alpha value is -1.00. The number of benzene rings is 1. The molecule has 1 fully saturated rings. The van der Waals surface area contributed by atoms with Crippen LogP contribution >= 0.6 is 0 Å². The maximum atomic E-state index is 13.2. The van der Waals surface area contributed by atoms with E-state index in [9.17, 15) is 8.78 Å². The minimum Gasteiger partial charge on any atom is -0.343 e. The van der Waals surface area contributed by atoms with Crippen LogP contribution in [0.1, 0.15) is 25.3 Å². The average molecular weight is 228 g/mol. The van der Waals surface area contributed by atoms with Crippen molar-refractivity contribution in [3.8, 4) is 0 Å². The summed E-state index contributed by atoms with van der Waals surface area (Å²) in [5, 5.41) is 0. The van der Waals surface area contributed by atoms with Gasteiger partial charge < -0.3 is 9.47 Å². The molecule has 1 heterocycles. The van der Waals surface area contributed by atoms with Gasteiger partial charge >= 0.3 is 0 Å². The van der Waals surface area contributed by atoms with Gasteiger partial charge in [0.15, 0.2) is 17.4 Å². The highest BCUT2D eigenvalue weighted by atomic mass is 19.2. The Kier molecular flexibility index (Phi) is 3.21. The van der Waals surface area contributed by atoms with Crippen molar-refractivity contribution in [2.24, 2.45) is 0 Å². The van der Waals surface area contributed by atoms with Crippen LogP contribution in [0.4, 0.5) is 8.78 Å². The normalized spacial score (nSPS) is 18.9. The van der Waals surface area contributed by atoms with E-state index in [-0.39, 0.29) is 0 Å². The summed E-state index contributed by atoms with van der Waals surface area (Å²) >= 11 is 0. The molecule has 0 aromatic heterocycles. The van der Waals surface area contributed by atoms with Crippen molar-refractivity contribution >= 4 is 0 Å². The molecule has 0 unspecified atom stereocenters. The minimum absolute atomic E-state index is 0.485. The molecule has 1 aliphatic rings. The van der Waals surface area contributed by atoms with E-state index in [1.807, 2.05) is 6.92 Å². The van der Waals surface area contributed by atoms with Gasteiger partial charge in [0.25, 0.3) is 0 Å². The average Bonchev–Trinajstić information content (AvgIpc) is 2.72. The van der Waals surface area contributed by atoms with E-state index in [1.165, 1.54) is 6.07 Å². The summed E-state index contributed by atoms with van der Waals surface area (Å²) < 4.78 is 37.1. The molecule has 1 saturated heterocycles. The smallest absolute Gasteiger partial charge is 0.195 e. The molecule has 88 valence electrons. The highest BCUT2D eigenvalue weighted by Crippen LogP contribution is 2.36. The minimum atomic E-state index is -0.886. The van der Waals surface area contributed by atoms with E-state index in [0.717, 1.165) is 18.6 Å². The SMILES string of the molecule is CCCC1(c2ccc(F)c(F)c2)OCCO1. The molecule has 16 heavy (non-hydrogen) atoms. The molecule has 0 N–H and O–H groups in total. The lowest BCUT2D eigenvalue weighted by atomic mass is 10.0. The fourth-order valence-electron chi connectivity index (χ4n) is 1.97. The topological polar surface area (TPSA) is 18.5 Å². The molecule has 4 heteroatoms. The van der Waals surface area contributed by atoms with Crippen molar-refractivity contribution in [2.75, 3.05) is 13.2 Å². The zero-order chi connectivity index (χ0) is 11.6. The van der Waals surface area contributed by atoms with Gasteiger partial charge in [-0.2, -0.15) is 0 Å². The number of ether oxygens (including phenoxy) is 2. The monoisotopic (exact) mass is 228 g/mol. The standard InChI is InChI=1S/C12H14F2O2/c1-2-5-12(15-6-7-16-12)9-3-4-10(13)11(14)8-9/h3-4,8H,2,5-7H2,1H3. The Morgan fingerprint density at radius 2 is 1.88 bits per heavy atom. The number of hydrogen-bond donors (Lipinski definition) is 0. The predicted molar refractivity (Wildman–Crippen MR) is 54.8 cm³/mol. The van der Waals surface area contributed by atoms with Crippen LogP contribution in [0.3, 0.4) is 0 Å². The summed E-state index contributed by atoms with van der Waals surface area (Å²) in [7, 11) is 0. The lowest BCUT2D eigenvalue weighted by Crippen LogP contribution is -2.27. The van der Waals surface area contributed by atoms with Crippen molar-refractivity contribution in [3.05, 3.63) is 35.4 Å². The van der Waals surface area contributed by atoms with E-state index in [2.05, 4.69) is 0 Å². The van der Waals surface area contributed by atoms with Crippen molar-refractivity contribution in [1.29, 1.82) is 0 Å². The predicted octanol–water partition coefficient (Wildman–Crippen LogP) is 2.96. The molecule has 2 rings (SSSR count). The zero-order valence-electron chi connectivity index (χ0n) is 9.13. The second-order valence-electron chi connectivity index (χ2n) is 3.83. The first-order valence-electron chi connectivity index (χ1n) is 5.41. The quantitative estimate of drug-likeness (QED) is 0.791. The number of rotatable bonds is 3. The van der Waals surface area contributed by atoms with Crippen LogP contribution in [-0.4, -0.2) is 13.2 Å². The molecular weight excluding hydrogens is 214 g/mol. The maximum absolute atomic E-state index is 13.2. The summed E-state index contributed by atoms with van der Waals surface area (Å²) in [4.78, 5) is 0. The molecule has 1 aromatic carbocycles. The van der Waals surface area contributed by atoms with Gasteiger partial charge in [-0.15, -0.1) is 0 Å². The summed E-state index contributed by atoms with van der Waals surface area (Å²) in [6.45, 7) is 2.96. The Morgan fingerprint density at radius 3 is 2.44 bits per heavy atom. The van der Waals surface area contributed by atoms with Gasteiger partial charge in [0.1, 0.15) is 0 Å². The molecule has 0 amide bonds. The van der Waals surface area contributed by atoms with E-state index < -0.39 is 17.4 Å². The van der Waals surface area contributed by atoms with Crippen molar-refractivity contribution in [2.45, 2.75) is 25.6 Å². The molecule has 0 atom stereocenters. The van der Waals surface area contributed by atoms with Crippen molar-refractivity contribution < 1.29 is 18.3 Å². The summed E-state index contributed by atoms with van der Waals surface area (Å²) in [5.74, 6) is -2.61. The fourth-order valence-corrected chi connectivity index (χ4v) is 1.97. The molecular formula is C12H14F2O2. The van der Waals surface area contributed by atoms with Crippen molar-refractivity contribution in [3.63, 3.8) is 0 Å². The van der Waals surface area contributed by atoms with Crippen molar-refractivity contribution in [1.82, 2.24) is 0 Å². The molecule has 0 radical (unpaired) electrons. The van der Waals surface area contributed by atoms with E-state index in [0.29, 0.717) is 25.2 Å². The van der Waals surface area contributed by atoms with Gasteiger partial charge in [0.05, 0.1) is 13.2 Å². The highest BCUT2D eigenvalue weighted by molar-refractivity contribution is 5.23. The van der Waals surface area contributed by atoms with Crippen LogP contribution in [0.5, 0.6) is 0 Å². The molecule has 2 nitrogen and oxygen atoms in total. The third kappa shape index (κ3) is 1.95. The first kappa shape index (κ1) is 11.5. The Balaban J connectivity index is 2.35. The third-order valence-corrected chi connectivity index (χ3v) is 2.69.